The fraction of sp³-hybridized carbons (Fsp3) is 0. The second-order valence-corrected chi connectivity index (χ2v) is 18.8. The summed E-state index contributed by atoms with van der Waals surface area (Å²) in [7, 11) is 0. The molecule has 13 rings (SSSR count). The third kappa shape index (κ3) is 7.28. The normalized spacial score (nSPS) is 11.5. The third-order valence-electron chi connectivity index (χ3n) is 13.6. The van der Waals surface area contributed by atoms with Gasteiger partial charge in [-0.2, -0.15) is 0 Å². The summed E-state index contributed by atoms with van der Waals surface area (Å²) in [6.07, 6.45) is 0. The van der Waals surface area contributed by atoms with Crippen molar-refractivity contribution in [2.75, 3.05) is 4.90 Å². The quantitative estimate of drug-likeness (QED) is 0.140. The molecular formula is C66H44N2S. The molecule has 0 bridgehead atoms. The van der Waals surface area contributed by atoms with Gasteiger partial charge in [0.1, 0.15) is 0 Å². The van der Waals surface area contributed by atoms with Gasteiger partial charge >= 0.3 is 0 Å². The second kappa shape index (κ2) is 17.2. The molecule has 2 aromatic heterocycles. The van der Waals surface area contributed by atoms with E-state index in [0.29, 0.717) is 0 Å². The van der Waals surface area contributed by atoms with Gasteiger partial charge in [-0.15, -0.1) is 11.3 Å². The van der Waals surface area contributed by atoms with E-state index >= 15 is 0 Å². The largest absolute Gasteiger partial charge is 0.310 e. The van der Waals surface area contributed by atoms with Crippen LogP contribution < -0.4 is 4.90 Å². The van der Waals surface area contributed by atoms with Gasteiger partial charge in [-0.1, -0.05) is 188 Å². The highest BCUT2D eigenvalue weighted by atomic mass is 32.1. The Morgan fingerprint density at radius 1 is 0.290 bits per heavy atom. The van der Waals surface area contributed by atoms with Crippen LogP contribution in [0.4, 0.5) is 17.1 Å². The van der Waals surface area contributed by atoms with E-state index in [2.05, 4.69) is 276 Å². The van der Waals surface area contributed by atoms with Crippen LogP contribution in [0.15, 0.2) is 267 Å². The zero-order valence-corrected chi connectivity index (χ0v) is 38.5. The Morgan fingerprint density at radius 2 is 0.768 bits per heavy atom. The van der Waals surface area contributed by atoms with Crippen molar-refractivity contribution in [3.8, 4) is 61.3 Å². The topological polar surface area (TPSA) is 8.17 Å². The number of fused-ring (bicyclic) bond motifs is 6. The van der Waals surface area contributed by atoms with Crippen molar-refractivity contribution >= 4 is 70.4 Å². The van der Waals surface area contributed by atoms with Crippen LogP contribution in [0.5, 0.6) is 0 Å². The molecule has 0 saturated heterocycles. The zero-order chi connectivity index (χ0) is 45.7. The molecule has 69 heavy (non-hydrogen) atoms. The van der Waals surface area contributed by atoms with Gasteiger partial charge in [0.05, 0.1) is 16.7 Å². The minimum absolute atomic E-state index is 1.08. The Kier molecular flexibility index (Phi) is 10.1. The zero-order valence-electron chi connectivity index (χ0n) is 37.7. The van der Waals surface area contributed by atoms with Crippen molar-refractivity contribution in [3.63, 3.8) is 0 Å². The number of thiophene rings is 1. The molecule has 2 nitrogen and oxygen atoms in total. The van der Waals surface area contributed by atoms with E-state index in [1.54, 1.807) is 0 Å². The molecule has 0 atom stereocenters. The SMILES string of the molecule is c1ccc(-c2ccc(-c3ccc(N(c4ccc(-c5ccc6c(c5)c5ccccc5n6-c5ccccc5)cc4)c4ccccc4-c4cccc(-c5cccc6sc7ccccc7c56)c4)cc3)cc2)cc1. The first-order chi connectivity index (χ1) is 34.2. The first kappa shape index (κ1) is 40.5. The van der Waals surface area contributed by atoms with E-state index in [1.165, 1.54) is 92.0 Å². The number of para-hydroxylation sites is 3. The van der Waals surface area contributed by atoms with Gasteiger partial charge in [0.25, 0.3) is 0 Å². The highest BCUT2D eigenvalue weighted by Crippen LogP contribution is 2.45. The summed E-state index contributed by atoms with van der Waals surface area (Å²) in [4.78, 5) is 2.41. The van der Waals surface area contributed by atoms with Crippen LogP contribution in [-0.2, 0) is 0 Å². The number of nitrogens with zero attached hydrogens (tertiary/aromatic N) is 2. The first-order valence-electron chi connectivity index (χ1n) is 23.6. The standard InChI is InChI=1S/C66H44N2S/c1-3-15-45(16-4-1)46-29-31-47(32-30-46)48-33-38-54(39-34-48)67(55-40-35-49(36-41-55)50-37-42-63-60(44-50)58-22-8-11-26-62(58)68(63)53-19-5-2-6-20-53)61-25-10-7-21-56(61)51-17-13-18-52(43-51)57-24-14-28-65-66(57)59-23-9-12-27-64(59)69-65/h1-44H. The summed E-state index contributed by atoms with van der Waals surface area (Å²) in [6.45, 7) is 0. The molecule has 0 aliphatic rings. The van der Waals surface area contributed by atoms with E-state index in [0.717, 1.165) is 28.3 Å². The van der Waals surface area contributed by atoms with Crippen LogP contribution in [0.3, 0.4) is 0 Å². The average molecular weight is 897 g/mol. The molecule has 0 unspecified atom stereocenters. The first-order valence-corrected chi connectivity index (χ1v) is 24.4. The molecule has 0 saturated carbocycles. The highest BCUT2D eigenvalue weighted by Gasteiger charge is 2.20. The summed E-state index contributed by atoms with van der Waals surface area (Å²) in [5, 5.41) is 5.12. The van der Waals surface area contributed by atoms with Crippen LogP contribution in [0.2, 0.25) is 0 Å². The summed E-state index contributed by atoms with van der Waals surface area (Å²) >= 11 is 1.86. The molecule has 0 aliphatic heterocycles. The lowest BCUT2D eigenvalue weighted by atomic mass is 9.94. The summed E-state index contributed by atoms with van der Waals surface area (Å²) in [5.74, 6) is 0. The Labute approximate surface area is 405 Å². The van der Waals surface area contributed by atoms with Crippen molar-refractivity contribution in [2.24, 2.45) is 0 Å². The lowest BCUT2D eigenvalue weighted by molar-refractivity contribution is 1.18. The van der Waals surface area contributed by atoms with Gasteiger partial charge in [0.15, 0.2) is 0 Å². The molecule has 0 radical (unpaired) electrons. The molecule has 11 aromatic carbocycles. The van der Waals surface area contributed by atoms with Crippen LogP contribution >= 0.6 is 11.3 Å². The Morgan fingerprint density at radius 3 is 1.49 bits per heavy atom. The van der Waals surface area contributed by atoms with Gasteiger partial charge in [0, 0.05) is 53.6 Å². The molecule has 0 fully saturated rings. The van der Waals surface area contributed by atoms with Crippen LogP contribution in [-0.4, -0.2) is 4.57 Å². The molecule has 324 valence electrons. The molecule has 13 aromatic rings. The summed E-state index contributed by atoms with van der Waals surface area (Å²) in [5.41, 5.74) is 18.8. The summed E-state index contributed by atoms with van der Waals surface area (Å²) < 4.78 is 5.00. The van der Waals surface area contributed by atoms with Crippen molar-refractivity contribution in [3.05, 3.63) is 267 Å². The van der Waals surface area contributed by atoms with E-state index in [9.17, 15) is 0 Å². The van der Waals surface area contributed by atoms with Crippen LogP contribution in [0, 0.1) is 0 Å². The molecule has 0 spiro atoms. The number of aromatic nitrogens is 1. The average Bonchev–Trinajstić information content (AvgIpc) is 3.98. The van der Waals surface area contributed by atoms with Crippen LogP contribution in [0.1, 0.15) is 0 Å². The minimum Gasteiger partial charge on any atom is -0.310 e. The van der Waals surface area contributed by atoms with Gasteiger partial charge < -0.3 is 9.47 Å². The molecule has 2 heterocycles. The van der Waals surface area contributed by atoms with Crippen molar-refractivity contribution in [2.45, 2.75) is 0 Å². The Bertz CT molecular complexity index is 3980. The predicted octanol–water partition coefficient (Wildman–Crippen LogP) is 19.0. The fourth-order valence-electron chi connectivity index (χ4n) is 10.3. The second-order valence-electron chi connectivity index (χ2n) is 17.7. The number of anilines is 3. The van der Waals surface area contributed by atoms with Crippen molar-refractivity contribution in [1.82, 2.24) is 4.57 Å². The lowest BCUT2D eigenvalue weighted by Crippen LogP contribution is -2.11. The Hall–Kier alpha value is -8.76. The van der Waals surface area contributed by atoms with Gasteiger partial charge in [-0.25, -0.2) is 0 Å². The van der Waals surface area contributed by atoms with E-state index in [1.807, 2.05) is 11.3 Å². The minimum atomic E-state index is 1.08. The molecular weight excluding hydrogens is 853 g/mol. The summed E-state index contributed by atoms with van der Waals surface area (Å²) in [6, 6.07) is 97.3. The predicted molar refractivity (Wildman–Crippen MR) is 296 cm³/mol. The van der Waals surface area contributed by atoms with Gasteiger partial charge in [-0.05, 0) is 129 Å². The lowest BCUT2D eigenvalue weighted by Gasteiger charge is -2.28. The van der Waals surface area contributed by atoms with E-state index < -0.39 is 0 Å². The van der Waals surface area contributed by atoms with Gasteiger partial charge in [-0.3, -0.25) is 0 Å². The van der Waals surface area contributed by atoms with E-state index in [-0.39, 0.29) is 0 Å². The number of benzene rings is 11. The number of rotatable bonds is 9. The maximum absolute atomic E-state index is 2.41. The molecule has 0 N–H and O–H groups in total. The maximum atomic E-state index is 2.41. The third-order valence-corrected chi connectivity index (χ3v) is 14.8. The highest BCUT2D eigenvalue weighted by molar-refractivity contribution is 7.25. The monoisotopic (exact) mass is 896 g/mol. The van der Waals surface area contributed by atoms with Gasteiger partial charge in [0.2, 0.25) is 0 Å². The molecule has 0 aliphatic carbocycles. The van der Waals surface area contributed by atoms with Crippen LogP contribution in [0.25, 0.3) is 103 Å². The fourth-order valence-corrected chi connectivity index (χ4v) is 11.4. The number of hydrogen-bond donors (Lipinski definition) is 0. The maximum Gasteiger partial charge on any atom is 0.0541 e. The Balaban J connectivity index is 0.910. The van der Waals surface area contributed by atoms with Crippen molar-refractivity contribution < 1.29 is 0 Å². The number of hydrogen-bond acceptors (Lipinski definition) is 2. The van der Waals surface area contributed by atoms with E-state index in [4.69, 9.17) is 0 Å². The smallest absolute Gasteiger partial charge is 0.0541 e. The molecule has 0 amide bonds. The molecule has 3 heteroatoms. The van der Waals surface area contributed by atoms with Crippen molar-refractivity contribution in [1.29, 1.82) is 0 Å².